The van der Waals surface area contributed by atoms with E-state index in [0.717, 1.165) is 37.9 Å². The highest BCUT2D eigenvalue weighted by Crippen LogP contribution is 2.30. The fraction of sp³-hybridized carbons (Fsp3) is 0.458. The number of likely N-dealkylation sites (tertiary alicyclic amines) is 1. The second-order valence-corrected chi connectivity index (χ2v) is 7.90. The molecule has 5 heteroatoms. The Kier molecular flexibility index (Phi) is 6.47. The third-order valence-electron chi connectivity index (χ3n) is 5.88. The minimum atomic E-state index is -0.569. The molecule has 2 aromatic rings. The molecular weight excluding hydrogens is 366 g/mol. The summed E-state index contributed by atoms with van der Waals surface area (Å²) in [4.78, 5) is 15.2. The first kappa shape index (κ1) is 19.9. The molecule has 4 rings (SSSR count). The van der Waals surface area contributed by atoms with Gasteiger partial charge in [-0.15, -0.1) is 0 Å². The van der Waals surface area contributed by atoms with Crippen molar-refractivity contribution >= 4 is 5.91 Å². The number of rotatable bonds is 7. The number of nitrogens with zero attached hydrogens (tertiary/aromatic N) is 1. The molecule has 2 aliphatic rings. The van der Waals surface area contributed by atoms with E-state index in [1.165, 1.54) is 0 Å². The smallest absolute Gasteiger partial charge is 0.257 e. The molecule has 29 heavy (non-hydrogen) atoms. The lowest BCUT2D eigenvalue weighted by Gasteiger charge is -2.27. The molecule has 0 spiro atoms. The number of hydrogen-bond donors (Lipinski definition) is 1. The fourth-order valence-electron chi connectivity index (χ4n) is 4.30. The van der Waals surface area contributed by atoms with Gasteiger partial charge in [-0.1, -0.05) is 42.5 Å². The highest BCUT2D eigenvalue weighted by molar-refractivity contribution is 5.97. The van der Waals surface area contributed by atoms with Crippen molar-refractivity contribution in [3.8, 4) is 5.75 Å². The third kappa shape index (κ3) is 4.80. The minimum Gasteiger partial charge on any atom is -0.490 e. The van der Waals surface area contributed by atoms with Crippen LogP contribution in [0.15, 0.2) is 54.6 Å². The van der Waals surface area contributed by atoms with Crippen LogP contribution in [0, 0.1) is 0 Å². The molecule has 0 aromatic heterocycles. The molecule has 0 saturated carbocycles. The van der Waals surface area contributed by atoms with Gasteiger partial charge in [0.15, 0.2) is 0 Å². The largest absolute Gasteiger partial charge is 0.490 e. The summed E-state index contributed by atoms with van der Waals surface area (Å²) in [5.74, 6) is 0.595. The van der Waals surface area contributed by atoms with Crippen molar-refractivity contribution in [3.05, 3.63) is 65.7 Å². The number of carbonyl (C=O) groups is 1. The Bertz CT molecular complexity index is 804. The molecule has 3 atom stereocenters. The lowest BCUT2D eigenvalue weighted by atomic mass is 10.00. The average Bonchev–Trinajstić information content (AvgIpc) is 3.45. The zero-order valence-corrected chi connectivity index (χ0v) is 16.7. The van der Waals surface area contributed by atoms with Gasteiger partial charge in [0.2, 0.25) is 0 Å². The van der Waals surface area contributed by atoms with Crippen molar-refractivity contribution in [2.45, 2.75) is 50.4 Å². The summed E-state index contributed by atoms with van der Waals surface area (Å²) in [6.07, 6.45) is 4.02. The number of hydrogen-bond acceptors (Lipinski definition) is 4. The lowest BCUT2D eigenvalue weighted by Crippen LogP contribution is -2.36. The lowest BCUT2D eigenvalue weighted by molar-refractivity contribution is 0.0618. The molecule has 154 valence electrons. The van der Waals surface area contributed by atoms with Crippen molar-refractivity contribution in [3.63, 3.8) is 0 Å². The maximum Gasteiger partial charge on any atom is 0.257 e. The Morgan fingerprint density at radius 3 is 2.69 bits per heavy atom. The van der Waals surface area contributed by atoms with Gasteiger partial charge >= 0.3 is 0 Å². The van der Waals surface area contributed by atoms with Crippen LogP contribution in [0.1, 0.15) is 54.1 Å². The molecule has 0 aliphatic carbocycles. The van der Waals surface area contributed by atoms with E-state index in [-0.39, 0.29) is 18.1 Å². The second-order valence-electron chi connectivity index (χ2n) is 7.90. The number of para-hydroxylation sites is 1. The van der Waals surface area contributed by atoms with Crippen molar-refractivity contribution in [2.75, 3.05) is 19.8 Å². The van der Waals surface area contributed by atoms with Crippen LogP contribution in [-0.4, -0.2) is 47.8 Å². The molecule has 2 saturated heterocycles. The van der Waals surface area contributed by atoms with Crippen LogP contribution >= 0.6 is 0 Å². The maximum absolute atomic E-state index is 13.3. The molecule has 5 nitrogen and oxygen atoms in total. The number of ether oxygens (including phenoxy) is 2. The summed E-state index contributed by atoms with van der Waals surface area (Å²) < 4.78 is 11.6. The van der Waals surface area contributed by atoms with Crippen molar-refractivity contribution in [1.82, 2.24) is 4.90 Å². The van der Waals surface area contributed by atoms with Gasteiger partial charge in [-0.25, -0.2) is 0 Å². The number of aliphatic hydroxyl groups is 1. The molecule has 2 aliphatic heterocycles. The normalized spacial score (nSPS) is 22.6. The number of carbonyl (C=O) groups excluding carboxylic acids is 1. The highest BCUT2D eigenvalue weighted by atomic mass is 16.5. The van der Waals surface area contributed by atoms with E-state index in [1.807, 2.05) is 59.5 Å². The molecule has 2 heterocycles. The molecule has 0 radical (unpaired) electrons. The molecular formula is C24H29NO4. The summed E-state index contributed by atoms with van der Waals surface area (Å²) in [7, 11) is 0. The first-order chi connectivity index (χ1) is 14.2. The van der Waals surface area contributed by atoms with E-state index >= 15 is 0 Å². The van der Waals surface area contributed by atoms with Crippen LogP contribution in [0.3, 0.4) is 0 Å². The topological polar surface area (TPSA) is 59.0 Å². The van der Waals surface area contributed by atoms with E-state index in [1.54, 1.807) is 0 Å². The molecule has 2 aromatic carbocycles. The first-order valence-corrected chi connectivity index (χ1v) is 10.6. The summed E-state index contributed by atoms with van der Waals surface area (Å²) in [6.45, 7) is 1.97. The summed E-state index contributed by atoms with van der Waals surface area (Å²) >= 11 is 0. The molecule has 0 unspecified atom stereocenters. The Labute approximate surface area is 172 Å². The van der Waals surface area contributed by atoms with Crippen LogP contribution in [0.5, 0.6) is 5.75 Å². The summed E-state index contributed by atoms with van der Waals surface area (Å²) in [5, 5.41) is 10.6. The van der Waals surface area contributed by atoms with Crippen LogP contribution in [-0.2, 0) is 4.74 Å². The predicted molar refractivity (Wildman–Crippen MR) is 111 cm³/mol. The first-order valence-electron chi connectivity index (χ1n) is 10.6. The zero-order chi connectivity index (χ0) is 20.1. The number of amides is 1. The van der Waals surface area contributed by atoms with E-state index in [9.17, 15) is 9.90 Å². The predicted octanol–water partition coefficient (Wildman–Crippen LogP) is 3.97. The van der Waals surface area contributed by atoms with Crippen molar-refractivity contribution < 1.29 is 19.4 Å². The van der Waals surface area contributed by atoms with E-state index < -0.39 is 6.10 Å². The van der Waals surface area contributed by atoms with Gasteiger partial charge in [-0.2, -0.15) is 0 Å². The van der Waals surface area contributed by atoms with Crippen molar-refractivity contribution in [2.24, 2.45) is 0 Å². The fourth-order valence-corrected chi connectivity index (χ4v) is 4.30. The minimum absolute atomic E-state index is 0.0179. The number of aliphatic hydroxyl groups excluding tert-OH is 1. The second kappa shape index (κ2) is 9.42. The highest BCUT2D eigenvalue weighted by Gasteiger charge is 2.32. The monoisotopic (exact) mass is 395 g/mol. The van der Waals surface area contributed by atoms with Gasteiger partial charge in [0.05, 0.1) is 17.8 Å². The van der Waals surface area contributed by atoms with Gasteiger partial charge in [-0.05, 0) is 49.8 Å². The molecule has 1 N–H and O–H groups in total. The van der Waals surface area contributed by atoms with Gasteiger partial charge in [-0.3, -0.25) is 4.79 Å². The molecule has 2 fully saturated rings. The molecule has 0 bridgehead atoms. The maximum atomic E-state index is 13.3. The Hall–Kier alpha value is -2.37. The Morgan fingerprint density at radius 2 is 1.90 bits per heavy atom. The standard InChI is InChI=1S/C24H29NO4/c26-22(18-8-2-1-3-9-18)16-19-10-6-14-25(19)24(27)21-12-4-5-13-23(21)29-17-20-11-7-15-28-20/h1-5,8-9,12-13,19-20,22,26H,6-7,10-11,14-17H2/t19-,20-,22-/m0/s1. The Balaban J connectivity index is 1.44. The van der Waals surface area contributed by atoms with E-state index in [0.29, 0.717) is 30.9 Å². The van der Waals surface area contributed by atoms with Crippen LogP contribution in [0.25, 0.3) is 0 Å². The van der Waals surface area contributed by atoms with Crippen LogP contribution < -0.4 is 4.74 Å². The van der Waals surface area contributed by atoms with Crippen molar-refractivity contribution in [1.29, 1.82) is 0 Å². The van der Waals surface area contributed by atoms with Crippen LogP contribution in [0.4, 0.5) is 0 Å². The average molecular weight is 395 g/mol. The zero-order valence-electron chi connectivity index (χ0n) is 16.7. The Morgan fingerprint density at radius 1 is 1.10 bits per heavy atom. The summed E-state index contributed by atoms with van der Waals surface area (Å²) in [5.41, 5.74) is 1.48. The summed E-state index contributed by atoms with van der Waals surface area (Å²) in [6, 6.07) is 17.1. The van der Waals surface area contributed by atoms with Gasteiger partial charge in [0.1, 0.15) is 12.4 Å². The van der Waals surface area contributed by atoms with E-state index in [2.05, 4.69) is 0 Å². The van der Waals surface area contributed by atoms with Gasteiger partial charge in [0.25, 0.3) is 5.91 Å². The SMILES string of the molecule is O=C(c1ccccc1OC[C@@H]1CCCO1)N1CCC[C@H]1C[C@H](O)c1ccccc1. The van der Waals surface area contributed by atoms with Crippen LogP contribution in [0.2, 0.25) is 0 Å². The van der Waals surface area contributed by atoms with E-state index in [4.69, 9.17) is 9.47 Å². The number of benzene rings is 2. The third-order valence-corrected chi connectivity index (χ3v) is 5.88. The van der Waals surface area contributed by atoms with Gasteiger partial charge in [0, 0.05) is 19.2 Å². The molecule has 1 amide bonds. The van der Waals surface area contributed by atoms with Gasteiger partial charge < -0.3 is 19.5 Å². The quantitative estimate of drug-likeness (QED) is 0.771.